The minimum atomic E-state index is 0.362. The lowest BCUT2D eigenvalue weighted by molar-refractivity contribution is 0.340. The second-order valence-corrected chi connectivity index (χ2v) is 4.73. The maximum Gasteiger partial charge on any atom is 0.119 e. The summed E-state index contributed by atoms with van der Waals surface area (Å²) in [4.78, 5) is 0. The van der Waals surface area contributed by atoms with Crippen molar-refractivity contribution in [3.8, 4) is 11.5 Å². The van der Waals surface area contributed by atoms with E-state index in [1.54, 1.807) is 0 Å². The first-order valence-electron chi connectivity index (χ1n) is 7.20. The Balaban J connectivity index is 2.11. The molecule has 0 aliphatic heterocycles. The van der Waals surface area contributed by atoms with Crippen LogP contribution in [0.2, 0.25) is 0 Å². The summed E-state index contributed by atoms with van der Waals surface area (Å²) in [5.74, 6) is 2.21. The molecule has 20 heavy (non-hydrogen) atoms. The maximum atomic E-state index is 5.47. The minimum Gasteiger partial charge on any atom is -0.494 e. The van der Waals surface area contributed by atoms with Gasteiger partial charge in [0, 0.05) is 5.92 Å². The molecule has 0 spiro atoms. The van der Waals surface area contributed by atoms with Gasteiger partial charge in [-0.15, -0.1) is 0 Å². The van der Waals surface area contributed by atoms with E-state index in [2.05, 4.69) is 31.2 Å². The zero-order valence-corrected chi connectivity index (χ0v) is 12.4. The van der Waals surface area contributed by atoms with Crippen molar-refractivity contribution in [1.29, 1.82) is 0 Å². The predicted octanol–water partition coefficient (Wildman–Crippen LogP) is 4.64. The largest absolute Gasteiger partial charge is 0.494 e. The normalized spacial score (nSPS) is 10.6. The van der Waals surface area contributed by atoms with Crippen LogP contribution in [0.5, 0.6) is 11.5 Å². The SMILES string of the molecule is CCOc1ccc(C(C)c2ccc(OCC)cc2)cc1. The summed E-state index contributed by atoms with van der Waals surface area (Å²) in [6.45, 7) is 7.61. The van der Waals surface area contributed by atoms with Crippen molar-refractivity contribution in [2.45, 2.75) is 26.7 Å². The molecule has 0 aliphatic rings. The van der Waals surface area contributed by atoms with Gasteiger partial charge in [0.15, 0.2) is 0 Å². The molecule has 0 heterocycles. The monoisotopic (exact) mass is 270 g/mol. The van der Waals surface area contributed by atoms with E-state index in [-0.39, 0.29) is 0 Å². The van der Waals surface area contributed by atoms with Crippen molar-refractivity contribution in [2.24, 2.45) is 0 Å². The number of rotatable bonds is 6. The van der Waals surface area contributed by atoms with Gasteiger partial charge in [-0.25, -0.2) is 0 Å². The van der Waals surface area contributed by atoms with Gasteiger partial charge >= 0.3 is 0 Å². The average molecular weight is 270 g/mol. The van der Waals surface area contributed by atoms with E-state index in [0.717, 1.165) is 11.5 Å². The Bertz CT molecular complexity index is 465. The van der Waals surface area contributed by atoms with E-state index in [1.807, 2.05) is 38.1 Å². The highest BCUT2D eigenvalue weighted by atomic mass is 16.5. The van der Waals surface area contributed by atoms with Crippen molar-refractivity contribution < 1.29 is 9.47 Å². The van der Waals surface area contributed by atoms with Crippen LogP contribution in [0.3, 0.4) is 0 Å². The summed E-state index contributed by atoms with van der Waals surface area (Å²) >= 11 is 0. The number of hydrogen-bond acceptors (Lipinski definition) is 2. The Morgan fingerprint density at radius 2 is 1.05 bits per heavy atom. The number of ether oxygens (including phenoxy) is 2. The van der Waals surface area contributed by atoms with Gasteiger partial charge in [0.2, 0.25) is 0 Å². The summed E-state index contributed by atoms with van der Waals surface area (Å²) in [5.41, 5.74) is 2.58. The molecule has 0 amide bonds. The van der Waals surface area contributed by atoms with Gasteiger partial charge in [0.1, 0.15) is 11.5 Å². The molecule has 0 aliphatic carbocycles. The highest BCUT2D eigenvalue weighted by Crippen LogP contribution is 2.27. The number of hydrogen-bond donors (Lipinski definition) is 0. The van der Waals surface area contributed by atoms with E-state index in [4.69, 9.17) is 9.47 Å². The van der Waals surface area contributed by atoms with Gasteiger partial charge in [0.25, 0.3) is 0 Å². The third kappa shape index (κ3) is 3.53. The van der Waals surface area contributed by atoms with Crippen LogP contribution in [0, 0.1) is 0 Å². The van der Waals surface area contributed by atoms with Crippen LogP contribution < -0.4 is 9.47 Å². The van der Waals surface area contributed by atoms with E-state index in [1.165, 1.54) is 11.1 Å². The Kier molecular flexibility index (Phi) is 5.05. The van der Waals surface area contributed by atoms with E-state index < -0.39 is 0 Å². The summed E-state index contributed by atoms with van der Waals surface area (Å²) in [5, 5.41) is 0. The van der Waals surface area contributed by atoms with Crippen LogP contribution in [-0.4, -0.2) is 13.2 Å². The summed E-state index contributed by atoms with van der Waals surface area (Å²) in [6, 6.07) is 16.7. The van der Waals surface area contributed by atoms with Crippen LogP contribution in [0.25, 0.3) is 0 Å². The quantitative estimate of drug-likeness (QED) is 0.761. The summed E-state index contributed by atoms with van der Waals surface area (Å²) in [6.07, 6.45) is 0. The van der Waals surface area contributed by atoms with Crippen LogP contribution in [-0.2, 0) is 0 Å². The first-order chi connectivity index (χ1) is 9.74. The molecule has 2 rings (SSSR count). The molecule has 0 saturated heterocycles. The summed E-state index contributed by atoms with van der Waals surface area (Å²) in [7, 11) is 0. The molecule has 0 bridgehead atoms. The van der Waals surface area contributed by atoms with Crippen molar-refractivity contribution in [3.63, 3.8) is 0 Å². The molecular weight excluding hydrogens is 248 g/mol. The van der Waals surface area contributed by atoms with Gasteiger partial charge in [0.05, 0.1) is 13.2 Å². The molecule has 0 unspecified atom stereocenters. The fourth-order valence-corrected chi connectivity index (χ4v) is 2.23. The average Bonchev–Trinajstić information content (AvgIpc) is 2.49. The Hall–Kier alpha value is -1.96. The fraction of sp³-hybridized carbons (Fsp3) is 0.333. The highest BCUT2D eigenvalue weighted by Gasteiger charge is 2.08. The topological polar surface area (TPSA) is 18.5 Å². The summed E-state index contributed by atoms with van der Waals surface area (Å²) < 4.78 is 10.9. The highest BCUT2D eigenvalue weighted by molar-refractivity contribution is 5.37. The van der Waals surface area contributed by atoms with E-state index in [0.29, 0.717) is 19.1 Å². The Morgan fingerprint density at radius 3 is 1.35 bits per heavy atom. The third-order valence-electron chi connectivity index (χ3n) is 3.38. The van der Waals surface area contributed by atoms with E-state index >= 15 is 0 Å². The minimum absolute atomic E-state index is 0.362. The van der Waals surface area contributed by atoms with Gasteiger partial charge < -0.3 is 9.47 Å². The second-order valence-electron chi connectivity index (χ2n) is 4.73. The molecule has 106 valence electrons. The third-order valence-corrected chi connectivity index (χ3v) is 3.38. The van der Waals surface area contributed by atoms with E-state index in [9.17, 15) is 0 Å². The molecule has 2 aromatic carbocycles. The molecule has 0 saturated carbocycles. The zero-order valence-electron chi connectivity index (χ0n) is 12.4. The smallest absolute Gasteiger partial charge is 0.119 e. The lowest BCUT2D eigenvalue weighted by Crippen LogP contribution is -1.98. The Morgan fingerprint density at radius 1 is 0.700 bits per heavy atom. The lowest BCUT2D eigenvalue weighted by atomic mass is 9.93. The fourth-order valence-electron chi connectivity index (χ4n) is 2.23. The zero-order chi connectivity index (χ0) is 14.4. The molecule has 0 aromatic heterocycles. The molecule has 0 atom stereocenters. The van der Waals surface area contributed by atoms with Crippen LogP contribution in [0.15, 0.2) is 48.5 Å². The van der Waals surface area contributed by atoms with Gasteiger partial charge in [-0.3, -0.25) is 0 Å². The second kappa shape index (κ2) is 6.99. The van der Waals surface area contributed by atoms with Crippen molar-refractivity contribution in [3.05, 3.63) is 59.7 Å². The Labute approximate surface area is 121 Å². The van der Waals surface area contributed by atoms with Crippen LogP contribution in [0.1, 0.15) is 37.8 Å². The van der Waals surface area contributed by atoms with Crippen molar-refractivity contribution >= 4 is 0 Å². The molecule has 0 N–H and O–H groups in total. The lowest BCUT2D eigenvalue weighted by Gasteiger charge is -2.14. The predicted molar refractivity (Wildman–Crippen MR) is 82.7 cm³/mol. The number of benzene rings is 2. The van der Waals surface area contributed by atoms with Crippen LogP contribution >= 0.6 is 0 Å². The van der Waals surface area contributed by atoms with Crippen molar-refractivity contribution in [2.75, 3.05) is 13.2 Å². The standard InChI is InChI=1S/C18H22O2/c1-4-19-17-10-6-15(7-11-17)14(3)16-8-12-18(13-9-16)20-5-2/h6-14H,4-5H2,1-3H3. The molecule has 2 aromatic rings. The first-order valence-corrected chi connectivity index (χ1v) is 7.20. The van der Waals surface area contributed by atoms with Crippen LogP contribution in [0.4, 0.5) is 0 Å². The molecule has 2 nitrogen and oxygen atoms in total. The van der Waals surface area contributed by atoms with Gasteiger partial charge in [-0.2, -0.15) is 0 Å². The first kappa shape index (κ1) is 14.4. The molecule has 2 heteroatoms. The van der Waals surface area contributed by atoms with Crippen molar-refractivity contribution in [1.82, 2.24) is 0 Å². The van der Waals surface area contributed by atoms with Gasteiger partial charge in [-0.1, -0.05) is 31.2 Å². The molecular formula is C18H22O2. The molecule has 0 radical (unpaired) electrons. The molecule has 0 fully saturated rings. The maximum absolute atomic E-state index is 5.47. The van der Waals surface area contributed by atoms with Gasteiger partial charge in [-0.05, 0) is 49.2 Å².